The van der Waals surface area contributed by atoms with Gasteiger partial charge in [0.25, 0.3) is 0 Å². The van der Waals surface area contributed by atoms with Crippen molar-refractivity contribution in [3.8, 4) is 23.0 Å². The van der Waals surface area contributed by atoms with E-state index in [-0.39, 0.29) is 37.4 Å². The molecule has 2 saturated heterocycles. The molecule has 68 heavy (non-hydrogen) atoms. The van der Waals surface area contributed by atoms with Gasteiger partial charge in [0.05, 0.1) is 12.1 Å². The van der Waals surface area contributed by atoms with Crippen LogP contribution in [0.15, 0.2) is 36.4 Å². The van der Waals surface area contributed by atoms with Gasteiger partial charge in [-0.1, -0.05) is 76.8 Å². The molecule has 0 aliphatic carbocycles. The Balaban J connectivity index is 0.000000365. The van der Waals surface area contributed by atoms with Crippen molar-refractivity contribution in [1.29, 1.82) is 0 Å². The maximum atomic E-state index is 13.4. The number of carboxylic acids is 2. The summed E-state index contributed by atoms with van der Waals surface area (Å²) in [5.41, 5.74) is 0.461. The van der Waals surface area contributed by atoms with Crippen LogP contribution in [0, 0.1) is 0 Å². The molecule has 18 heteroatoms. The molecule has 0 unspecified atom stereocenters. The van der Waals surface area contributed by atoms with Gasteiger partial charge in [-0.2, -0.15) is 0 Å². The number of carbonyl (C=O) groups excluding carboxylic acids is 2. The van der Waals surface area contributed by atoms with Gasteiger partial charge in [-0.25, -0.2) is 9.59 Å². The van der Waals surface area contributed by atoms with Crippen LogP contribution in [0.2, 0.25) is 0 Å². The molecule has 0 saturated carbocycles. The smallest absolute Gasteiger partial charge is 0.335 e. The van der Waals surface area contributed by atoms with Crippen molar-refractivity contribution < 1.29 is 110 Å². The molecule has 6 rings (SSSR count). The first kappa shape index (κ1) is 26.5. The molecule has 382 valence electrons. The summed E-state index contributed by atoms with van der Waals surface area (Å²) in [6.07, 6.45) is -54.6. The summed E-state index contributed by atoms with van der Waals surface area (Å²) in [7, 11) is 0. The molecule has 0 aromatic heterocycles. The molecular weight excluding hydrogens is 881 g/mol. The maximum absolute atomic E-state index is 13.4. The monoisotopic (exact) mass is 989 g/mol. The second-order valence-corrected chi connectivity index (χ2v) is 14.9. The molecule has 18 nitrogen and oxygen atoms in total. The fourth-order valence-electron chi connectivity index (χ4n) is 6.93. The SMILES string of the molecule is O=C(O)[C@H](O)[C@@H](O)C(=O)O.[2H]C([2H])([2H])C([2H])([2H])C([2H])([2H])C([2H])([2H])C([2H])([2H])C([2H])([2H])C([2H])([2H])C(=O)N[C@H](CN1CCCC1)[C@H](O)c1ccc2c(c1)OCCO2.[2H]C([2H])([2H])C([2H])([2H])C([2H])([2H])C([2H])([2H])C([2H])([2H])C([2H])([2H])C([2H])([2H])C(=O)N[C@H](CN1CCCC1)[C@H](O)c1ccc2c(c1)OCCO2. The highest BCUT2D eigenvalue weighted by molar-refractivity contribution is 5.83. The molecule has 4 aliphatic heterocycles. The van der Waals surface area contributed by atoms with Gasteiger partial charge in [-0.3, -0.25) is 9.59 Å². The Hall–Kier alpha value is -4.72. The van der Waals surface area contributed by atoms with E-state index < -0.39 is 150 Å². The van der Waals surface area contributed by atoms with E-state index in [1.54, 1.807) is 0 Å². The predicted octanol–water partition coefficient (Wildman–Crippen LogP) is 4.74. The van der Waals surface area contributed by atoms with Gasteiger partial charge < -0.3 is 70.0 Å². The minimum atomic E-state index is -4.34. The van der Waals surface area contributed by atoms with Gasteiger partial charge in [-0.15, -0.1) is 0 Å². The lowest BCUT2D eigenvalue weighted by atomic mass is 10.0. The van der Waals surface area contributed by atoms with Crippen LogP contribution in [0.4, 0.5) is 0 Å². The third kappa shape index (κ3) is 19.3. The summed E-state index contributed by atoms with van der Waals surface area (Å²) in [6, 6.07) is 6.37. The Bertz CT molecular complexity index is 2910. The molecule has 0 radical (unpaired) electrons. The highest BCUT2D eigenvalue weighted by atomic mass is 16.6. The van der Waals surface area contributed by atoms with E-state index in [0.29, 0.717) is 62.4 Å². The number of hydrogen-bond donors (Lipinski definition) is 8. The number of carbonyl (C=O) groups is 4. The second-order valence-electron chi connectivity index (χ2n) is 14.9. The lowest BCUT2D eigenvalue weighted by Gasteiger charge is -2.29. The van der Waals surface area contributed by atoms with Crippen LogP contribution in [0.5, 0.6) is 23.0 Å². The average molecular weight is 989 g/mol. The number of amides is 2. The van der Waals surface area contributed by atoms with Crippen LogP contribution in [-0.4, -0.2) is 154 Å². The molecule has 8 N–H and O–H groups in total. The minimum Gasteiger partial charge on any atom is -0.486 e. The number of carboxylic acid groups (broad SMARTS) is 2. The Morgan fingerprint density at radius 1 is 0.559 bits per heavy atom. The number of rotatable bonds is 25. The van der Waals surface area contributed by atoms with E-state index in [4.69, 9.17) is 80.5 Å². The first-order valence-electron chi connectivity index (χ1n) is 36.2. The van der Waals surface area contributed by atoms with Crippen LogP contribution in [-0.2, 0) is 19.2 Å². The van der Waals surface area contributed by atoms with Gasteiger partial charge in [0.2, 0.25) is 11.8 Å². The van der Waals surface area contributed by atoms with Crippen molar-refractivity contribution in [2.45, 2.75) is 152 Å². The van der Waals surface area contributed by atoms with Crippen molar-refractivity contribution in [3.63, 3.8) is 0 Å². The third-order valence-electron chi connectivity index (χ3n) is 10.2. The van der Waals surface area contributed by atoms with Crippen LogP contribution in [0.3, 0.4) is 0 Å². The quantitative estimate of drug-likeness (QED) is 0.0669. The molecule has 0 bridgehead atoms. The number of aliphatic carboxylic acids is 2. The fraction of sp³-hybridized carbons (Fsp3) is 0.680. The Morgan fingerprint density at radius 3 is 1.26 bits per heavy atom. The number of benzene rings is 2. The van der Waals surface area contributed by atoms with Crippen LogP contribution >= 0.6 is 0 Å². The maximum Gasteiger partial charge on any atom is 0.335 e. The number of hydrogen-bond acceptors (Lipinski definition) is 14. The number of nitrogens with one attached hydrogen (secondary N) is 2. The number of ether oxygens (including phenoxy) is 4. The molecule has 0 spiro atoms. The number of nitrogens with zero attached hydrogens (tertiary/aromatic N) is 2. The topological polar surface area (TPSA) is 257 Å². The number of fused-ring (bicyclic) bond motifs is 2. The van der Waals surface area contributed by atoms with Gasteiger partial charge in [0, 0.05) is 67.0 Å². The van der Waals surface area contributed by atoms with E-state index in [2.05, 4.69) is 10.6 Å². The Labute approximate surface area is 443 Å². The summed E-state index contributed by atoms with van der Waals surface area (Å²) in [6.45, 7) is -4.27. The van der Waals surface area contributed by atoms with Crippen molar-refractivity contribution in [2.75, 3.05) is 65.7 Å². The van der Waals surface area contributed by atoms with E-state index in [9.17, 15) is 29.4 Å². The molecule has 4 aliphatic rings. The molecule has 6 atom stereocenters. The van der Waals surface area contributed by atoms with E-state index in [1.807, 2.05) is 9.80 Å². The van der Waals surface area contributed by atoms with Crippen molar-refractivity contribution in [3.05, 3.63) is 47.5 Å². The number of likely N-dealkylation sites (tertiary alicyclic amines) is 2. The molecule has 2 fully saturated rings. The zero-order valence-corrected chi connectivity index (χ0v) is 36.7. The summed E-state index contributed by atoms with van der Waals surface area (Å²) in [5.74, 6) is -5.69. The molecular formula is C50H78N4O14. The van der Waals surface area contributed by atoms with Crippen molar-refractivity contribution in [2.24, 2.45) is 0 Å². The summed E-state index contributed by atoms with van der Waals surface area (Å²) in [4.78, 5) is 50.1. The highest BCUT2D eigenvalue weighted by Gasteiger charge is 2.31. The zero-order chi connectivity index (χ0) is 75.8. The number of aliphatic hydroxyl groups excluding tert-OH is 4. The van der Waals surface area contributed by atoms with Gasteiger partial charge >= 0.3 is 11.9 Å². The van der Waals surface area contributed by atoms with E-state index >= 15 is 0 Å². The summed E-state index contributed by atoms with van der Waals surface area (Å²) >= 11 is 0. The van der Waals surface area contributed by atoms with Crippen LogP contribution in [0.25, 0.3) is 0 Å². The van der Waals surface area contributed by atoms with Gasteiger partial charge in [-0.05, 0) is 100 Å². The normalized spacial score (nSPS) is 27.5. The highest BCUT2D eigenvalue weighted by Crippen LogP contribution is 2.35. The van der Waals surface area contributed by atoms with Gasteiger partial charge in [0.1, 0.15) is 38.6 Å². The van der Waals surface area contributed by atoms with Crippen molar-refractivity contribution >= 4 is 23.8 Å². The zero-order valence-electron chi connectivity index (χ0n) is 66.7. The van der Waals surface area contributed by atoms with Crippen LogP contribution < -0.4 is 29.6 Å². The standard InChI is InChI=1S/2C23H36N2O4.C4H6O6/c2*1-2-3-4-5-6-9-22(26)24-19(17-25-12-7-8-13-25)23(27)18-10-11-20-21(16-18)29-15-14-28-20;5-1(3(7)8)2(6)4(9)10/h2*10-11,16,19,23,27H,2-9,12-15,17H2,1H3,(H,24,26);1-2,5-6H,(H,7,8)(H,9,10)/t2*19-,23-;1-,2-/m111/s1/i2*1D3,2D2,3D2,4D2,5D2,6D2,9D2;. The lowest BCUT2D eigenvalue weighted by Crippen LogP contribution is -2.46. The molecule has 4 heterocycles. The van der Waals surface area contributed by atoms with Crippen molar-refractivity contribution in [1.82, 2.24) is 20.4 Å². The fourth-order valence-corrected chi connectivity index (χ4v) is 6.93. The summed E-state index contributed by atoms with van der Waals surface area (Å²) in [5, 5.41) is 59.5. The first-order chi connectivity index (χ1) is 44.1. The molecule has 2 amide bonds. The largest absolute Gasteiger partial charge is 0.486 e. The predicted molar refractivity (Wildman–Crippen MR) is 254 cm³/mol. The van der Waals surface area contributed by atoms with Gasteiger partial charge in [0.15, 0.2) is 35.2 Å². The summed E-state index contributed by atoms with van der Waals surface area (Å²) < 4.78 is 260. The Kier molecular flexibility index (Phi) is 12.0. The van der Waals surface area contributed by atoms with E-state index in [1.165, 1.54) is 36.4 Å². The Morgan fingerprint density at radius 2 is 0.912 bits per heavy atom. The first-order valence-corrected chi connectivity index (χ1v) is 21.2. The van der Waals surface area contributed by atoms with Crippen LogP contribution in [0.1, 0.15) is 180 Å². The molecule has 2 aromatic carbocycles. The molecule has 2 aromatic rings. The second kappa shape index (κ2) is 30.7. The number of aliphatic hydroxyl groups is 4. The minimum absolute atomic E-state index is 0.0323. The van der Waals surface area contributed by atoms with E-state index in [0.717, 1.165) is 25.7 Å². The third-order valence-corrected chi connectivity index (χ3v) is 10.2. The average Bonchev–Trinajstić information content (AvgIpc) is 0.748. The lowest BCUT2D eigenvalue weighted by molar-refractivity contribution is -0.165.